The number of carbonyl (C=O) groups is 1. The first-order chi connectivity index (χ1) is 13.3. The van der Waals surface area contributed by atoms with Crippen LogP contribution in [0.5, 0.6) is 0 Å². The maximum atomic E-state index is 12.7. The molecule has 0 N–H and O–H groups in total. The van der Waals surface area contributed by atoms with E-state index < -0.39 is 0 Å². The number of para-hydroxylation sites is 1. The number of hydrogen-bond acceptors (Lipinski definition) is 6. The van der Waals surface area contributed by atoms with Gasteiger partial charge in [0.2, 0.25) is 5.91 Å². The van der Waals surface area contributed by atoms with E-state index in [2.05, 4.69) is 31.5 Å². The summed E-state index contributed by atoms with van der Waals surface area (Å²) >= 11 is 0. The Bertz CT molecular complexity index is 991. The van der Waals surface area contributed by atoms with Crippen LogP contribution in [-0.4, -0.2) is 62.2 Å². The summed E-state index contributed by atoms with van der Waals surface area (Å²) in [5.74, 6) is 1.01. The number of nitrogens with zero attached hydrogens (tertiary/aromatic N) is 7. The van der Waals surface area contributed by atoms with Crippen LogP contribution in [-0.2, 0) is 24.2 Å². The largest absolute Gasteiger partial charge is 0.352 e. The fraction of sp³-hybridized carbons (Fsp3) is 0.421. The maximum absolute atomic E-state index is 12.7. The smallest absolute Gasteiger partial charge is 0.244 e. The van der Waals surface area contributed by atoms with Crippen LogP contribution in [0, 0.1) is 0 Å². The van der Waals surface area contributed by atoms with E-state index in [9.17, 15) is 4.79 Å². The molecule has 8 heteroatoms. The second-order valence-electron chi connectivity index (χ2n) is 7.13. The highest BCUT2D eigenvalue weighted by atomic mass is 16.2. The summed E-state index contributed by atoms with van der Waals surface area (Å²) in [4.78, 5) is 16.8. The number of rotatable bonds is 3. The zero-order valence-corrected chi connectivity index (χ0v) is 15.1. The third kappa shape index (κ3) is 3.01. The van der Waals surface area contributed by atoms with E-state index in [4.69, 9.17) is 0 Å². The molecule has 1 aliphatic heterocycles. The average molecular weight is 363 g/mol. The molecule has 0 spiro atoms. The van der Waals surface area contributed by atoms with E-state index in [1.54, 1.807) is 4.68 Å². The van der Waals surface area contributed by atoms with Crippen LogP contribution in [0.2, 0.25) is 0 Å². The van der Waals surface area contributed by atoms with Crippen LogP contribution >= 0.6 is 0 Å². The number of piperazine rings is 1. The number of benzene rings is 1. The van der Waals surface area contributed by atoms with Crippen molar-refractivity contribution in [1.82, 2.24) is 30.1 Å². The number of amides is 1. The van der Waals surface area contributed by atoms with Crippen molar-refractivity contribution in [3.63, 3.8) is 0 Å². The second kappa shape index (κ2) is 6.61. The van der Waals surface area contributed by atoms with Crippen molar-refractivity contribution in [1.29, 1.82) is 0 Å². The van der Waals surface area contributed by atoms with Crippen LogP contribution < -0.4 is 4.90 Å². The number of aryl methyl sites for hydroxylation is 2. The fourth-order valence-electron chi connectivity index (χ4n) is 3.92. The zero-order chi connectivity index (χ0) is 18.2. The van der Waals surface area contributed by atoms with Crippen LogP contribution in [0.15, 0.2) is 30.3 Å². The topological polar surface area (TPSA) is 80.0 Å². The Balaban J connectivity index is 1.23. The lowest BCUT2D eigenvalue weighted by atomic mass is 10.2. The predicted molar refractivity (Wildman–Crippen MR) is 100 cm³/mol. The first-order valence-electron chi connectivity index (χ1n) is 9.44. The van der Waals surface area contributed by atoms with Gasteiger partial charge in [-0.05, 0) is 43.0 Å². The number of hydrogen-bond donors (Lipinski definition) is 0. The van der Waals surface area contributed by atoms with Crippen molar-refractivity contribution in [3.05, 3.63) is 41.6 Å². The Hall–Kier alpha value is -3.03. The monoisotopic (exact) mass is 363 g/mol. The summed E-state index contributed by atoms with van der Waals surface area (Å²) in [6, 6.07) is 9.87. The summed E-state index contributed by atoms with van der Waals surface area (Å²) in [6.45, 7) is 3.14. The van der Waals surface area contributed by atoms with Gasteiger partial charge >= 0.3 is 0 Å². The average Bonchev–Trinajstić information content (AvgIpc) is 3.35. The molecule has 1 amide bonds. The Labute approximate surface area is 156 Å². The third-order valence-corrected chi connectivity index (χ3v) is 5.47. The van der Waals surface area contributed by atoms with Crippen molar-refractivity contribution in [3.8, 4) is 0 Å². The van der Waals surface area contributed by atoms with E-state index in [0.29, 0.717) is 13.1 Å². The minimum atomic E-state index is 0.0744. The molecule has 1 saturated heterocycles. The van der Waals surface area contributed by atoms with Crippen molar-refractivity contribution in [2.24, 2.45) is 0 Å². The fourth-order valence-corrected chi connectivity index (χ4v) is 3.92. The summed E-state index contributed by atoms with van der Waals surface area (Å²) in [5, 5.41) is 17.0. The van der Waals surface area contributed by atoms with Gasteiger partial charge in [0.1, 0.15) is 12.1 Å². The SMILES string of the molecule is O=C(Cn1nnc2ccccc21)N1CCN(c2cc3c(nn2)CCC3)CC1. The molecule has 1 aromatic carbocycles. The molecule has 2 aromatic heterocycles. The van der Waals surface area contributed by atoms with E-state index >= 15 is 0 Å². The van der Waals surface area contributed by atoms with Crippen LogP contribution in [0.3, 0.4) is 0 Å². The molecule has 138 valence electrons. The van der Waals surface area contributed by atoms with Crippen molar-refractivity contribution >= 4 is 22.8 Å². The standard InChI is InChI=1S/C19H21N7O/c27-19(13-26-17-7-2-1-5-16(17)21-23-26)25-10-8-24(9-11-25)18-12-14-4-3-6-15(14)20-22-18/h1-2,5,7,12H,3-4,6,8-11,13H2. The van der Waals surface area contributed by atoms with Gasteiger partial charge in [-0.2, -0.15) is 5.10 Å². The second-order valence-corrected chi connectivity index (χ2v) is 7.13. The molecule has 0 saturated carbocycles. The highest BCUT2D eigenvalue weighted by molar-refractivity contribution is 5.80. The third-order valence-electron chi connectivity index (χ3n) is 5.47. The zero-order valence-electron chi connectivity index (χ0n) is 15.1. The van der Waals surface area contributed by atoms with Crippen molar-refractivity contribution in [2.45, 2.75) is 25.8 Å². The number of aromatic nitrogens is 5. The Kier molecular flexibility index (Phi) is 3.95. The summed E-state index contributed by atoms with van der Waals surface area (Å²) in [5.41, 5.74) is 4.17. The van der Waals surface area contributed by atoms with E-state index in [-0.39, 0.29) is 12.5 Å². The lowest BCUT2D eigenvalue weighted by molar-refractivity contribution is -0.132. The molecular formula is C19H21N7O. The van der Waals surface area contributed by atoms with Crippen LogP contribution in [0.4, 0.5) is 5.82 Å². The van der Waals surface area contributed by atoms with Gasteiger partial charge in [0, 0.05) is 26.2 Å². The van der Waals surface area contributed by atoms with Crippen LogP contribution in [0.25, 0.3) is 11.0 Å². The summed E-state index contributed by atoms with van der Waals surface area (Å²) in [7, 11) is 0. The normalized spacial score (nSPS) is 16.7. The maximum Gasteiger partial charge on any atom is 0.244 e. The summed E-state index contributed by atoms with van der Waals surface area (Å²) < 4.78 is 1.68. The molecule has 8 nitrogen and oxygen atoms in total. The Morgan fingerprint density at radius 2 is 1.85 bits per heavy atom. The minimum absolute atomic E-state index is 0.0744. The van der Waals surface area contributed by atoms with E-state index in [1.165, 1.54) is 12.0 Å². The highest BCUT2D eigenvalue weighted by Crippen LogP contribution is 2.23. The quantitative estimate of drug-likeness (QED) is 0.692. The van der Waals surface area contributed by atoms with E-state index in [0.717, 1.165) is 48.5 Å². The van der Waals surface area contributed by atoms with Gasteiger partial charge in [-0.3, -0.25) is 4.79 Å². The molecule has 0 unspecified atom stereocenters. The Morgan fingerprint density at radius 3 is 2.74 bits per heavy atom. The van der Waals surface area contributed by atoms with Gasteiger partial charge in [-0.25, -0.2) is 4.68 Å². The molecule has 3 aromatic rings. The van der Waals surface area contributed by atoms with Gasteiger partial charge in [0.05, 0.1) is 11.2 Å². The van der Waals surface area contributed by atoms with Gasteiger partial charge in [0.25, 0.3) is 0 Å². The lowest BCUT2D eigenvalue weighted by Crippen LogP contribution is -2.50. The van der Waals surface area contributed by atoms with Crippen LogP contribution in [0.1, 0.15) is 17.7 Å². The van der Waals surface area contributed by atoms with Gasteiger partial charge in [0.15, 0.2) is 5.82 Å². The lowest BCUT2D eigenvalue weighted by Gasteiger charge is -2.35. The molecule has 0 bridgehead atoms. The number of fused-ring (bicyclic) bond motifs is 2. The molecule has 5 rings (SSSR count). The molecule has 0 atom stereocenters. The minimum Gasteiger partial charge on any atom is -0.352 e. The molecule has 27 heavy (non-hydrogen) atoms. The number of anilines is 1. The molecule has 2 aliphatic rings. The first-order valence-corrected chi connectivity index (χ1v) is 9.44. The Morgan fingerprint density at radius 1 is 1.00 bits per heavy atom. The van der Waals surface area contributed by atoms with Gasteiger partial charge in [-0.15, -0.1) is 10.2 Å². The molecule has 3 heterocycles. The predicted octanol–water partition coefficient (Wildman–Crippen LogP) is 1.06. The van der Waals surface area contributed by atoms with Gasteiger partial charge in [-0.1, -0.05) is 17.3 Å². The first kappa shape index (κ1) is 16.2. The van der Waals surface area contributed by atoms with Crippen molar-refractivity contribution < 1.29 is 4.79 Å². The molecule has 1 fully saturated rings. The highest BCUT2D eigenvalue weighted by Gasteiger charge is 2.24. The molecular weight excluding hydrogens is 342 g/mol. The molecule has 0 radical (unpaired) electrons. The molecule has 1 aliphatic carbocycles. The van der Waals surface area contributed by atoms with E-state index in [1.807, 2.05) is 29.2 Å². The number of carbonyl (C=O) groups excluding carboxylic acids is 1. The van der Waals surface area contributed by atoms with Gasteiger partial charge < -0.3 is 9.80 Å². The van der Waals surface area contributed by atoms with Crippen molar-refractivity contribution in [2.75, 3.05) is 31.1 Å². The summed E-state index contributed by atoms with van der Waals surface area (Å²) in [6.07, 6.45) is 3.32.